The van der Waals surface area contributed by atoms with Gasteiger partial charge in [-0.25, -0.2) is 0 Å². The number of piperazine rings is 1. The van der Waals surface area contributed by atoms with E-state index in [9.17, 15) is 4.79 Å². The van der Waals surface area contributed by atoms with Crippen LogP contribution in [0.15, 0.2) is 42.5 Å². The lowest BCUT2D eigenvalue weighted by Crippen LogP contribution is -2.49. The molecular weight excluding hydrogens is 328 g/mol. The molecule has 2 aromatic carbocycles. The van der Waals surface area contributed by atoms with Gasteiger partial charge in [0.05, 0.1) is 0 Å². The Bertz CT molecular complexity index is 635. The number of hydrogen-bond donors (Lipinski definition) is 0. The van der Waals surface area contributed by atoms with E-state index in [0.717, 1.165) is 49.0 Å². The van der Waals surface area contributed by atoms with Crippen LogP contribution >= 0.6 is 15.9 Å². The van der Waals surface area contributed by atoms with Crippen LogP contribution in [0.25, 0.3) is 10.8 Å². The summed E-state index contributed by atoms with van der Waals surface area (Å²) in [4.78, 5) is 17.0. The van der Waals surface area contributed by atoms with E-state index in [-0.39, 0.29) is 5.91 Å². The molecule has 2 aromatic rings. The SMILES string of the molecule is O=C(c1ccc2ccccc2c1)N1CCN(CCBr)CC1. The number of carbonyl (C=O) groups excluding carboxylic acids is 1. The third-order valence-electron chi connectivity index (χ3n) is 4.06. The van der Waals surface area contributed by atoms with Crippen LogP contribution in [0.4, 0.5) is 0 Å². The Kier molecular flexibility index (Phi) is 4.56. The summed E-state index contributed by atoms with van der Waals surface area (Å²) < 4.78 is 0. The van der Waals surface area contributed by atoms with Gasteiger partial charge in [-0.05, 0) is 22.9 Å². The maximum absolute atomic E-state index is 12.6. The molecule has 1 fully saturated rings. The van der Waals surface area contributed by atoms with Crippen LogP contribution < -0.4 is 0 Å². The van der Waals surface area contributed by atoms with E-state index in [4.69, 9.17) is 0 Å². The highest BCUT2D eigenvalue weighted by molar-refractivity contribution is 9.09. The van der Waals surface area contributed by atoms with Crippen LogP contribution in [0.1, 0.15) is 10.4 Å². The predicted molar refractivity (Wildman–Crippen MR) is 90.1 cm³/mol. The maximum Gasteiger partial charge on any atom is 0.253 e. The molecule has 0 spiro atoms. The molecule has 0 aromatic heterocycles. The standard InChI is InChI=1S/C17H19BrN2O/c18-7-8-19-9-11-20(12-10-19)17(21)16-6-5-14-3-1-2-4-15(14)13-16/h1-6,13H,7-12H2. The first kappa shape index (κ1) is 14.5. The van der Waals surface area contributed by atoms with Crippen LogP contribution in [-0.2, 0) is 0 Å². The van der Waals surface area contributed by atoms with Crippen molar-refractivity contribution in [1.29, 1.82) is 0 Å². The van der Waals surface area contributed by atoms with Crippen molar-refractivity contribution in [3.8, 4) is 0 Å². The monoisotopic (exact) mass is 346 g/mol. The van der Waals surface area contributed by atoms with Gasteiger partial charge in [0.15, 0.2) is 0 Å². The molecule has 3 rings (SSSR count). The van der Waals surface area contributed by atoms with Crippen LogP contribution in [-0.4, -0.2) is 53.8 Å². The number of benzene rings is 2. The van der Waals surface area contributed by atoms with Gasteiger partial charge in [0.1, 0.15) is 0 Å². The van der Waals surface area contributed by atoms with Gasteiger partial charge < -0.3 is 4.90 Å². The quantitative estimate of drug-likeness (QED) is 0.797. The number of nitrogens with zero attached hydrogens (tertiary/aromatic N) is 2. The summed E-state index contributed by atoms with van der Waals surface area (Å²) >= 11 is 3.47. The second kappa shape index (κ2) is 6.58. The van der Waals surface area contributed by atoms with E-state index >= 15 is 0 Å². The number of hydrogen-bond acceptors (Lipinski definition) is 2. The van der Waals surface area contributed by atoms with Crippen molar-refractivity contribution in [2.45, 2.75) is 0 Å². The molecule has 110 valence electrons. The van der Waals surface area contributed by atoms with Crippen molar-refractivity contribution in [1.82, 2.24) is 9.80 Å². The van der Waals surface area contributed by atoms with E-state index in [2.05, 4.69) is 33.0 Å². The zero-order valence-electron chi connectivity index (χ0n) is 12.0. The summed E-state index contributed by atoms with van der Waals surface area (Å²) in [6, 6.07) is 14.1. The fourth-order valence-corrected chi connectivity index (χ4v) is 3.30. The summed E-state index contributed by atoms with van der Waals surface area (Å²) in [5.74, 6) is 0.152. The van der Waals surface area contributed by atoms with Crippen LogP contribution in [0.2, 0.25) is 0 Å². The lowest BCUT2D eigenvalue weighted by atomic mass is 10.1. The second-order valence-corrected chi connectivity index (χ2v) is 6.18. The van der Waals surface area contributed by atoms with Crippen molar-refractivity contribution in [3.63, 3.8) is 0 Å². The van der Waals surface area contributed by atoms with E-state index in [0.29, 0.717) is 0 Å². The number of halogens is 1. The molecule has 0 atom stereocenters. The van der Waals surface area contributed by atoms with Gasteiger partial charge in [0.2, 0.25) is 0 Å². The molecule has 0 bridgehead atoms. The molecule has 0 unspecified atom stereocenters. The maximum atomic E-state index is 12.6. The molecular formula is C17H19BrN2O. The molecule has 1 heterocycles. The molecule has 1 aliphatic heterocycles. The molecule has 21 heavy (non-hydrogen) atoms. The number of carbonyl (C=O) groups is 1. The Morgan fingerprint density at radius 2 is 1.71 bits per heavy atom. The molecule has 0 N–H and O–H groups in total. The molecule has 3 nitrogen and oxygen atoms in total. The van der Waals surface area contributed by atoms with Crippen molar-refractivity contribution >= 4 is 32.6 Å². The Morgan fingerprint density at radius 1 is 1.00 bits per heavy atom. The average molecular weight is 347 g/mol. The van der Waals surface area contributed by atoms with Gasteiger partial charge in [0.25, 0.3) is 5.91 Å². The van der Waals surface area contributed by atoms with Crippen LogP contribution in [0.5, 0.6) is 0 Å². The number of rotatable bonds is 3. The second-order valence-electron chi connectivity index (χ2n) is 5.38. The van der Waals surface area contributed by atoms with Gasteiger partial charge in [0, 0.05) is 43.6 Å². The summed E-state index contributed by atoms with van der Waals surface area (Å²) in [7, 11) is 0. The van der Waals surface area contributed by atoms with Gasteiger partial charge >= 0.3 is 0 Å². The Hall–Kier alpha value is -1.39. The molecule has 4 heteroatoms. The van der Waals surface area contributed by atoms with Gasteiger partial charge in [-0.2, -0.15) is 0 Å². The summed E-state index contributed by atoms with van der Waals surface area (Å²) in [5, 5.41) is 3.29. The van der Waals surface area contributed by atoms with Crippen molar-refractivity contribution in [3.05, 3.63) is 48.0 Å². The third kappa shape index (κ3) is 3.27. The first-order chi connectivity index (χ1) is 10.3. The average Bonchev–Trinajstić information content (AvgIpc) is 2.55. The third-order valence-corrected chi connectivity index (χ3v) is 4.41. The van der Waals surface area contributed by atoms with Gasteiger partial charge in [-0.1, -0.05) is 46.3 Å². The molecule has 0 saturated carbocycles. The molecule has 1 amide bonds. The van der Waals surface area contributed by atoms with Gasteiger partial charge in [-0.15, -0.1) is 0 Å². The number of alkyl halides is 1. The van der Waals surface area contributed by atoms with E-state index in [1.54, 1.807) is 0 Å². The minimum atomic E-state index is 0.152. The Labute approximate surface area is 133 Å². The Morgan fingerprint density at radius 3 is 2.43 bits per heavy atom. The van der Waals surface area contributed by atoms with E-state index in [1.807, 2.05) is 35.2 Å². The first-order valence-electron chi connectivity index (χ1n) is 7.34. The van der Waals surface area contributed by atoms with Crippen molar-refractivity contribution in [2.24, 2.45) is 0 Å². The molecule has 0 radical (unpaired) electrons. The predicted octanol–water partition coefficient (Wildman–Crippen LogP) is 2.99. The Balaban J connectivity index is 1.72. The lowest BCUT2D eigenvalue weighted by Gasteiger charge is -2.34. The highest BCUT2D eigenvalue weighted by Crippen LogP contribution is 2.17. The summed E-state index contributed by atoms with van der Waals surface area (Å²) in [6.45, 7) is 4.62. The smallest absolute Gasteiger partial charge is 0.253 e. The first-order valence-corrected chi connectivity index (χ1v) is 8.46. The van der Waals surface area contributed by atoms with Crippen molar-refractivity contribution < 1.29 is 4.79 Å². The minimum absolute atomic E-state index is 0.152. The molecule has 1 saturated heterocycles. The number of fused-ring (bicyclic) bond motifs is 1. The van der Waals surface area contributed by atoms with Crippen LogP contribution in [0, 0.1) is 0 Å². The fraction of sp³-hybridized carbons (Fsp3) is 0.353. The van der Waals surface area contributed by atoms with Crippen molar-refractivity contribution in [2.75, 3.05) is 38.1 Å². The minimum Gasteiger partial charge on any atom is -0.336 e. The van der Waals surface area contributed by atoms with Crippen LogP contribution in [0.3, 0.4) is 0 Å². The largest absolute Gasteiger partial charge is 0.336 e. The zero-order chi connectivity index (χ0) is 14.7. The zero-order valence-corrected chi connectivity index (χ0v) is 13.6. The summed E-state index contributed by atoms with van der Waals surface area (Å²) in [6.07, 6.45) is 0. The number of amides is 1. The highest BCUT2D eigenvalue weighted by Gasteiger charge is 2.21. The summed E-state index contributed by atoms with van der Waals surface area (Å²) in [5.41, 5.74) is 0.794. The topological polar surface area (TPSA) is 23.6 Å². The molecule has 1 aliphatic rings. The lowest BCUT2D eigenvalue weighted by molar-refractivity contribution is 0.0645. The van der Waals surface area contributed by atoms with Gasteiger partial charge in [-0.3, -0.25) is 9.69 Å². The van der Waals surface area contributed by atoms with E-state index in [1.165, 1.54) is 5.39 Å². The highest BCUT2D eigenvalue weighted by atomic mass is 79.9. The van der Waals surface area contributed by atoms with E-state index < -0.39 is 0 Å². The fourth-order valence-electron chi connectivity index (χ4n) is 2.80. The normalized spacial score (nSPS) is 16.3. The molecule has 0 aliphatic carbocycles.